The molecule has 0 radical (unpaired) electrons. The van der Waals surface area contributed by atoms with Gasteiger partial charge in [0.1, 0.15) is 11.8 Å². The molecule has 0 aliphatic rings. The van der Waals surface area contributed by atoms with E-state index in [4.69, 9.17) is 16.9 Å². The predicted molar refractivity (Wildman–Crippen MR) is 48.5 cm³/mol. The number of hydrogen-bond acceptors (Lipinski definition) is 2. The van der Waals surface area contributed by atoms with Crippen LogP contribution in [0.2, 0.25) is 0 Å². The van der Waals surface area contributed by atoms with E-state index >= 15 is 0 Å². The van der Waals surface area contributed by atoms with E-state index in [0.717, 1.165) is 0 Å². The van der Waals surface area contributed by atoms with Gasteiger partial charge in [-0.05, 0) is 6.07 Å². The number of aromatic nitrogens is 1. The fraction of sp³-hybridized carbons (Fsp3) is 0.333. The molecule has 0 aromatic carbocycles. The highest BCUT2D eigenvalue weighted by molar-refractivity contribution is 6.17. The van der Waals surface area contributed by atoms with Gasteiger partial charge in [-0.15, -0.1) is 11.6 Å². The Kier molecular flexibility index (Phi) is 3.88. The minimum Gasteiger partial charge on any atom is -0.240 e. The van der Waals surface area contributed by atoms with E-state index in [1.807, 2.05) is 0 Å². The van der Waals surface area contributed by atoms with E-state index in [1.165, 1.54) is 6.07 Å². The zero-order valence-corrected chi connectivity index (χ0v) is 8.78. The molecule has 0 unspecified atom stereocenters. The highest BCUT2D eigenvalue weighted by atomic mass is 35.5. The maximum atomic E-state index is 12.5. The summed E-state index contributed by atoms with van der Waals surface area (Å²) in [6, 6.07) is 1.53. The molecule has 1 aromatic rings. The number of pyridine rings is 1. The molecule has 0 bridgehead atoms. The van der Waals surface area contributed by atoms with Gasteiger partial charge in [-0.2, -0.15) is 18.4 Å². The van der Waals surface area contributed by atoms with Crippen LogP contribution in [0.25, 0.3) is 0 Å². The molecule has 0 aliphatic carbocycles. The molecule has 0 amide bonds. The zero-order chi connectivity index (χ0) is 13.2. The maximum Gasteiger partial charge on any atom is 0.418 e. The Morgan fingerprint density at radius 1 is 1.41 bits per heavy atom. The van der Waals surface area contributed by atoms with Crippen molar-refractivity contribution >= 4 is 11.6 Å². The van der Waals surface area contributed by atoms with Crippen molar-refractivity contribution in [2.24, 2.45) is 0 Å². The normalized spacial score (nSPS) is 11.6. The average Bonchev–Trinajstić information content (AvgIpc) is 2.25. The Morgan fingerprint density at radius 3 is 2.35 bits per heavy atom. The van der Waals surface area contributed by atoms with E-state index in [0.29, 0.717) is 0 Å². The van der Waals surface area contributed by atoms with Crippen LogP contribution in [0.15, 0.2) is 6.07 Å². The Morgan fingerprint density at radius 2 is 2.00 bits per heavy atom. The second-order valence-electron chi connectivity index (χ2n) is 2.96. The molecular weight excluding hydrogens is 267 g/mol. The molecule has 1 rings (SSSR count). The largest absolute Gasteiger partial charge is 0.418 e. The molecule has 92 valence electrons. The van der Waals surface area contributed by atoms with Gasteiger partial charge in [-0.3, -0.25) is 0 Å². The van der Waals surface area contributed by atoms with Crippen molar-refractivity contribution in [2.75, 3.05) is 0 Å². The number of nitrogens with zero attached hydrogens (tertiary/aromatic N) is 2. The minimum atomic E-state index is -4.84. The van der Waals surface area contributed by atoms with E-state index in [9.17, 15) is 22.0 Å². The van der Waals surface area contributed by atoms with Gasteiger partial charge in [0.15, 0.2) is 0 Å². The molecule has 0 fully saturated rings. The first-order chi connectivity index (χ1) is 7.81. The smallest absolute Gasteiger partial charge is 0.240 e. The van der Waals surface area contributed by atoms with Gasteiger partial charge in [-0.1, -0.05) is 0 Å². The van der Waals surface area contributed by atoms with Crippen molar-refractivity contribution in [2.45, 2.75) is 18.5 Å². The molecule has 1 heterocycles. The standard InChI is InChI=1S/C9H4ClF5N2/c10-2-6-5(9(13,14)15)1-4(8(11)12)7(3-16)17-6/h1,8H,2H2. The van der Waals surface area contributed by atoms with Gasteiger partial charge < -0.3 is 0 Å². The molecule has 2 nitrogen and oxygen atoms in total. The molecule has 0 spiro atoms. The minimum absolute atomic E-state index is 0.216. The summed E-state index contributed by atoms with van der Waals surface area (Å²) in [5, 5.41) is 8.51. The first-order valence-electron chi connectivity index (χ1n) is 4.16. The highest BCUT2D eigenvalue weighted by Gasteiger charge is 2.36. The lowest BCUT2D eigenvalue weighted by Crippen LogP contribution is -2.13. The predicted octanol–water partition coefficient (Wildman–Crippen LogP) is 3.65. The summed E-state index contributed by atoms with van der Waals surface area (Å²) in [7, 11) is 0. The monoisotopic (exact) mass is 270 g/mol. The summed E-state index contributed by atoms with van der Waals surface area (Å²) in [5.41, 5.74) is -3.78. The number of hydrogen-bond donors (Lipinski definition) is 0. The SMILES string of the molecule is N#Cc1nc(CCl)c(C(F)(F)F)cc1C(F)F. The lowest BCUT2D eigenvalue weighted by molar-refractivity contribution is -0.138. The number of rotatable bonds is 2. The first kappa shape index (κ1) is 13.6. The number of halogens is 6. The summed E-state index contributed by atoms with van der Waals surface area (Å²) in [6.45, 7) is 0. The van der Waals surface area contributed by atoms with Crippen LogP contribution in [0.4, 0.5) is 22.0 Å². The van der Waals surface area contributed by atoms with Gasteiger partial charge in [0.05, 0.1) is 22.7 Å². The van der Waals surface area contributed by atoms with E-state index in [2.05, 4.69) is 4.98 Å². The van der Waals surface area contributed by atoms with Crippen LogP contribution in [0, 0.1) is 11.3 Å². The summed E-state index contributed by atoms with van der Waals surface area (Å²) in [6.07, 6.45) is -8.04. The van der Waals surface area contributed by atoms with Crippen LogP contribution < -0.4 is 0 Å². The van der Waals surface area contributed by atoms with Crippen molar-refractivity contribution in [1.82, 2.24) is 4.98 Å². The summed E-state index contributed by atoms with van der Waals surface area (Å²) in [4.78, 5) is 3.20. The Balaban J connectivity index is 3.52. The maximum absolute atomic E-state index is 12.5. The van der Waals surface area contributed by atoms with Crippen LogP contribution in [0.1, 0.15) is 28.9 Å². The van der Waals surface area contributed by atoms with Crippen LogP contribution in [-0.2, 0) is 12.1 Å². The van der Waals surface area contributed by atoms with E-state index in [-0.39, 0.29) is 6.07 Å². The molecule has 8 heteroatoms. The van der Waals surface area contributed by atoms with Crippen molar-refractivity contribution in [3.8, 4) is 6.07 Å². The third kappa shape index (κ3) is 2.82. The zero-order valence-electron chi connectivity index (χ0n) is 8.02. The topological polar surface area (TPSA) is 36.7 Å². The quantitative estimate of drug-likeness (QED) is 0.607. The van der Waals surface area contributed by atoms with Gasteiger partial charge >= 0.3 is 6.18 Å². The van der Waals surface area contributed by atoms with Crippen LogP contribution in [0.3, 0.4) is 0 Å². The van der Waals surface area contributed by atoms with Crippen molar-refractivity contribution in [3.63, 3.8) is 0 Å². The van der Waals surface area contributed by atoms with Gasteiger partial charge in [0.2, 0.25) is 0 Å². The molecule has 0 N–H and O–H groups in total. The Bertz CT molecular complexity index is 464. The molecular formula is C9H4ClF5N2. The lowest BCUT2D eigenvalue weighted by Gasteiger charge is -2.13. The Labute approximate surface area is 97.6 Å². The van der Waals surface area contributed by atoms with Crippen LogP contribution in [0.5, 0.6) is 0 Å². The fourth-order valence-electron chi connectivity index (χ4n) is 1.17. The van der Waals surface area contributed by atoms with Gasteiger partial charge in [0, 0.05) is 0 Å². The molecule has 17 heavy (non-hydrogen) atoms. The van der Waals surface area contributed by atoms with Crippen LogP contribution in [-0.4, -0.2) is 4.98 Å². The molecule has 1 aromatic heterocycles. The number of alkyl halides is 6. The second-order valence-corrected chi connectivity index (χ2v) is 3.23. The van der Waals surface area contributed by atoms with E-state index < -0.39 is 41.0 Å². The molecule has 0 saturated heterocycles. The third-order valence-corrected chi connectivity index (χ3v) is 2.16. The van der Waals surface area contributed by atoms with Crippen molar-refractivity contribution in [1.29, 1.82) is 5.26 Å². The third-order valence-electron chi connectivity index (χ3n) is 1.90. The molecule has 0 aliphatic heterocycles. The second kappa shape index (κ2) is 4.84. The first-order valence-corrected chi connectivity index (χ1v) is 4.70. The highest BCUT2D eigenvalue weighted by Crippen LogP contribution is 2.35. The van der Waals surface area contributed by atoms with Crippen molar-refractivity contribution < 1.29 is 22.0 Å². The average molecular weight is 271 g/mol. The Hall–Kier alpha value is -1.42. The van der Waals surface area contributed by atoms with Gasteiger partial charge in [0.25, 0.3) is 6.43 Å². The summed E-state index contributed by atoms with van der Waals surface area (Å²) >= 11 is 5.24. The van der Waals surface area contributed by atoms with Crippen LogP contribution >= 0.6 is 11.6 Å². The number of nitriles is 1. The van der Waals surface area contributed by atoms with Crippen molar-refractivity contribution in [3.05, 3.63) is 28.6 Å². The summed E-state index contributed by atoms with van der Waals surface area (Å²) < 4.78 is 62.3. The van der Waals surface area contributed by atoms with Gasteiger partial charge in [-0.25, -0.2) is 13.8 Å². The molecule has 0 atom stereocenters. The summed E-state index contributed by atoms with van der Waals surface area (Å²) in [5.74, 6) is -0.618. The lowest BCUT2D eigenvalue weighted by atomic mass is 10.1. The fourth-order valence-corrected chi connectivity index (χ4v) is 1.37. The molecule has 0 saturated carbocycles. The van der Waals surface area contributed by atoms with E-state index in [1.54, 1.807) is 0 Å².